The molecular formula is C61H98O6. The second-order valence-corrected chi connectivity index (χ2v) is 17.4. The van der Waals surface area contributed by atoms with Gasteiger partial charge >= 0.3 is 17.9 Å². The number of rotatable bonds is 47. The lowest BCUT2D eigenvalue weighted by atomic mass is 10.1. The van der Waals surface area contributed by atoms with Crippen LogP contribution in [-0.4, -0.2) is 37.2 Å². The Hall–Kier alpha value is -4.19. The van der Waals surface area contributed by atoms with Crippen molar-refractivity contribution in [1.29, 1.82) is 0 Å². The molecule has 1 unspecified atom stereocenters. The Bertz CT molecular complexity index is 1440. The van der Waals surface area contributed by atoms with E-state index in [0.29, 0.717) is 25.7 Å². The minimum absolute atomic E-state index is 0.128. The Morgan fingerprint density at radius 1 is 0.313 bits per heavy atom. The van der Waals surface area contributed by atoms with Gasteiger partial charge in [0.15, 0.2) is 6.10 Å². The van der Waals surface area contributed by atoms with Gasteiger partial charge in [-0.3, -0.25) is 14.4 Å². The second kappa shape index (κ2) is 54.4. The van der Waals surface area contributed by atoms with Gasteiger partial charge in [-0.15, -0.1) is 0 Å². The van der Waals surface area contributed by atoms with E-state index in [9.17, 15) is 14.4 Å². The van der Waals surface area contributed by atoms with Crippen LogP contribution < -0.4 is 0 Å². The highest BCUT2D eigenvalue weighted by atomic mass is 16.6. The molecule has 1 atom stereocenters. The highest BCUT2D eigenvalue weighted by Crippen LogP contribution is 2.13. The summed E-state index contributed by atoms with van der Waals surface area (Å²) in [5, 5.41) is 0. The average molecular weight is 927 g/mol. The highest BCUT2D eigenvalue weighted by molar-refractivity contribution is 5.71. The van der Waals surface area contributed by atoms with E-state index in [1.165, 1.54) is 70.6 Å². The van der Waals surface area contributed by atoms with Crippen LogP contribution in [0.15, 0.2) is 122 Å². The van der Waals surface area contributed by atoms with Crippen molar-refractivity contribution in [3.05, 3.63) is 122 Å². The van der Waals surface area contributed by atoms with Crippen molar-refractivity contribution in [3.63, 3.8) is 0 Å². The molecule has 0 saturated heterocycles. The van der Waals surface area contributed by atoms with Gasteiger partial charge in [0.05, 0.1) is 0 Å². The van der Waals surface area contributed by atoms with Gasteiger partial charge in [-0.25, -0.2) is 0 Å². The van der Waals surface area contributed by atoms with Gasteiger partial charge in [0, 0.05) is 19.3 Å². The molecule has 0 rings (SSSR count). The molecule has 0 N–H and O–H groups in total. The first kappa shape index (κ1) is 62.8. The fourth-order valence-corrected chi connectivity index (χ4v) is 6.95. The lowest BCUT2D eigenvalue weighted by Crippen LogP contribution is -2.30. The lowest BCUT2D eigenvalue weighted by Gasteiger charge is -2.18. The molecule has 0 aliphatic carbocycles. The van der Waals surface area contributed by atoms with Crippen LogP contribution in [0, 0.1) is 0 Å². The smallest absolute Gasteiger partial charge is 0.306 e. The predicted molar refractivity (Wildman–Crippen MR) is 288 cm³/mol. The molecule has 0 saturated carbocycles. The van der Waals surface area contributed by atoms with Crippen molar-refractivity contribution in [2.24, 2.45) is 0 Å². The van der Waals surface area contributed by atoms with Crippen molar-refractivity contribution < 1.29 is 28.6 Å². The van der Waals surface area contributed by atoms with Gasteiger partial charge in [-0.1, -0.05) is 213 Å². The van der Waals surface area contributed by atoms with Gasteiger partial charge in [-0.2, -0.15) is 0 Å². The molecule has 6 heteroatoms. The first-order valence-corrected chi connectivity index (χ1v) is 27.0. The predicted octanol–water partition coefficient (Wildman–Crippen LogP) is 18.1. The Kier molecular flexibility index (Phi) is 51.0. The average Bonchev–Trinajstić information content (AvgIpc) is 3.33. The zero-order chi connectivity index (χ0) is 48.6. The zero-order valence-corrected chi connectivity index (χ0v) is 43.1. The Balaban J connectivity index is 4.54. The Labute approximate surface area is 412 Å². The summed E-state index contributed by atoms with van der Waals surface area (Å²) in [4.78, 5) is 38.0. The summed E-state index contributed by atoms with van der Waals surface area (Å²) < 4.78 is 16.7. The summed E-state index contributed by atoms with van der Waals surface area (Å²) in [5.41, 5.74) is 0. The van der Waals surface area contributed by atoms with Gasteiger partial charge in [-0.05, 0) is 116 Å². The molecule has 0 aromatic heterocycles. The molecule has 0 heterocycles. The largest absolute Gasteiger partial charge is 0.462 e. The Morgan fingerprint density at radius 2 is 0.612 bits per heavy atom. The quantitative estimate of drug-likeness (QED) is 0.0262. The molecule has 67 heavy (non-hydrogen) atoms. The maximum atomic E-state index is 12.8. The number of carbonyl (C=O) groups excluding carboxylic acids is 3. The molecule has 0 aliphatic rings. The Morgan fingerprint density at radius 3 is 1.04 bits per heavy atom. The molecule has 378 valence electrons. The van der Waals surface area contributed by atoms with Gasteiger partial charge in [0.2, 0.25) is 0 Å². The number of hydrogen-bond donors (Lipinski definition) is 0. The van der Waals surface area contributed by atoms with E-state index in [2.05, 4.69) is 130 Å². The van der Waals surface area contributed by atoms with Crippen LogP contribution in [0.5, 0.6) is 0 Å². The second-order valence-electron chi connectivity index (χ2n) is 17.4. The van der Waals surface area contributed by atoms with E-state index < -0.39 is 6.10 Å². The highest BCUT2D eigenvalue weighted by Gasteiger charge is 2.19. The monoisotopic (exact) mass is 927 g/mol. The summed E-state index contributed by atoms with van der Waals surface area (Å²) >= 11 is 0. The van der Waals surface area contributed by atoms with E-state index in [-0.39, 0.29) is 37.5 Å². The number of unbranched alkanes of at least 4 members (excludes halogenated alkanes) is 16. The molecule has 0 bridgehead atoms. The van der Waals surface area contributed by atoms with Crippen LogP contribution in [-0.2, 0) is 28.6 Å². The third-order valence-electron chi connectivity index (χ3n) is 10.9. The van der Waals surface area contributed by atoms with Crippen LogP contribution in [0.2, 0.25) is 0 Å². The van der Waals surface area contributed by atoms with Crippen LogP contribution in [0.1, 0.15) is 226 Å². The van der Waals surface area contributed by atoms with Crippen LogP contribution >= 0.6 is 0 Å². The summed E-state index contributed by atoms with van der Waals surface area (Å²) in [5.74, 6) is -1.06. The fourth-order valence-electron chi connectivity index (χ4n) is 6.95. The van der Waals surface area contributed by atoms with Crippen molar-refractivity contribution in [2.45, 2.75) is 232 Å². The topological polar surface area (TPSA) is 78.9 Å². The summed E-state index contributed by atoms with van der Waals surface area (Å²) in [7, 11) is 0. The fraction of sp³-hybridized carbons (Fsp3) is 0.623. The number of hydrogen-bond acceptors (Lipinski definition) is 6. The van der Waals surface area contributed by atoms with E-state index in [1.54, 1.807) is 0 Å². The minimum atomic E-state index is -0.831. The van der Waals surface area contributed by atoms with Crippen molar-refractivity contribution >= 4 is 17.9 Å². The van der Waals surface area contributed by atoms with Crippen molar-refractivity contribution in [2.75, 3.05) is 13.2 Å². The molecule has 0 amide bonds. The number of esters is 3. The van der Waals surface area contributed by atoms with E-state index in [0.717, 1.165) is 103 Å². The first-order valence-electron chi connectivity index (χ1n) is 27.0. The van der Waals surface area contributed by atoms with E-state index >= 15 is 0 Å². The number of ether oxygens (including phenoxy) is 3. The number of allylic oxidation sites excluding steroid dienone is 20. The normalized spacial score (nSPS) is 13.1. The maximum Gasteiger partial charge on any atom is 0.306 e. The van der Waals surface area contributed by atoms with Crippen molar-refractivity contribution in [1.82, 2.24) is 0 Å². The molecular weight excluding hydrogens is 829 g/mol. The summed E-state index contributed by atoms with van der Waals surface area (Å²) in [6.45, 7) is 6.29. The first-order chi connectivity index (χ1) is 33.0. The zero-order valence-electron chi connectivity index (χ0n) is 43.1. The van der Waals surface area contributed by atoms with Crippen LogP contribution in [0.3, 0.4) is 0 Å². The lowest BCUT2D eigenvalue weighted by molar-refractivity contribution is -0.166. The molecule has 0 aromatic rings. The summed E-state index contributed by atoms with van der Waals surface area (Å²) in [6.07, 6.45) is 74.9. The molecule has 0 spiro atoms. The molecule has 0 aromatic carbocycles. The van der Waals surface area contributed by atoms with Crippen molar-refractivity contribution in [3.8, 4) is 0 Å². The van der Waals surface area contributed by atoms with Crippen LogP contribution in [0.25, 0.3) is 0 Å². The minimum Gasteiger partial charge on any atom is -0.462 e. The van der Waals surface area contributed by atoms with Crippen LogP contribution in [0.4, 0.5) is 0 Å². The molecule has 0 radical (unpaired) electrons. The third kappa shape index (κ3) is 52.6. The van der Waals surface area contributed by atoms with Gasteiger partial charge in [0.1, 0.15) is 13.2 Å². The third-order valence-corrected chi connectivity index (χ3v) is 10.9. The van der Waals surface area contributed by atoms with E-state index in [4.69, 9.17) is 14.2 Å². The molecule has 0 fully saturated rings. The molecule has 0 aliphatic heterocycles. The maximum absolute atomic E-state index is 12.8. The van der Waals surface area contributed by atoms with Gasteiger partial charge < -0.3 is 14.2 Å². The summed E-state index contributed by atoms with van der Waals surface area (Å²) in [6, 6.07) is 0. The van der Waals surface area contributed by atoms with Gasteiger partial charge in [0.25, 0.3) is 0 Å². The van der Waals surface area contributed by atoms with E-state index in [1.807, 2.05) is 12.2 Å². The molecule has 6 nitrogen and oxygen atoms in total. The standard InChI is InChI=1S/C61H98O6/c1-4-7-10-13-16-19-22-25-27-29-31-33-34-36-39-42-45-48-51-54-60(63)66-57-58(56-65-59(62)53-50-47-44-41-38-24-21-18-15-12-9-6-3)67-61(64)55-52-49-46-43-40-37-35-32-30-28-26-23-20-17-14-11-8-5-2/h7,9-10,12,16,18-19,21,25,27,31-33,35-36,38-39,41,45,48,58H,4-6,8,11,13-15,17,20,22-24,26,28-30,34,37,40,42-44,46-47,49-57H2,1-3H3/b10-7-,12-9-,19-16-,21-18-,27-25-,33-31-,35-32-,39-36-,41-38-,48-45-. The number of carbonyl (C=O) groups is 3. The SMILES string of the molecule is CC/C=C\C/C=C\C/C=C\C/C=C\C/C=C\C/C=C\CCC(=O)OCC(COC(=O)CCCC/C=C\C/C=C\C/C=C\CC)OC(=O)CCCCCCC/C=C\CCCCCCCCCCC.